The van der Waals surface area contributed by atoms with E-state index in [-0.39, 0.29) is 18.3 Å². The molecule has 29 heavy (non-hydrogen) atoms. The number of halogens is 1. The lowest BCUT2D eigenvalue weighted by Gasteiger charge is -2.36. The molecule has 8 heteroatoms. The minimum Gasteiger partial charge on any atom is -0.388 e. The zero-order valence-corrected chi connectivity index (χ0v) is 16.0. The van der Waals surface area contributed by atoms with E-state index in [0.29, 0.717) is 18.7 Å². The molecule has 0 unspecified atom stereocenters. The Morgan fingerprint density at radius 2 is 1.76 bits per heavy atom. The van der Waals surface area contributed by atoms with Gasteiger partial charge in [-0.3, -0.25) is 4.79 Å². The summed E-state index contributed by atoms with van der Waals surface area (Å²) in [5.41, 5.74) is 2.85. The van der Waals surface area contributed by atoms with E-state index in [4.69, 9.17) is 4.42 Å². The Hall–Kier alpha value is -3.42. The van der Waals surface area contributed by atoms with Gasteiger partial charge in [-0.25, -0.2) is 9.18 Å². The van der Waals surface area contributed by atoms with E-state index < -0.39 is 11.6 Å². The van der Waals surface area contributed by atoms with Crippen LogP contribution >= 0.6 is 0 Å². The van der Waals surface area contributed by atoms with Gasteiger partial charge in [0.25, 0.3) is 0 Å². The molecule has 0 saturated carbocycles. The second-order valence-corrected chi connectivity index (χ2v) is 6.99. The lowest BCUT2D eigenvalue weighted by Crippen LogP contribution is -2.50. The third kappa shape index (κ3) is 4.06. The summed E-state index contributed by atoms with van der Waals surface area (Å²) >= 11 is 0. The molecule has 0 radical (unpaired) electrons. The van der Waals surface area contributed by atoms with Crippen molar-refractivity contribution in [2.75, 3.05) is 31.1 Å². The Kier molecular flexibility index (Phi) is 5.16. The van der Waals surface area contributed by atoms with Crippen molar-refractivity contribution in [1.82, 2.24) is 14.7 Å². The van der Waals surface area contributed by atoms with Crippen molar-refractivity contribution >= 4 is 11.6 Å². The molecule has 1 saturated heterocycles. The average Bonchev–Trinajstić information content (AvgIpc) is 3.09. The number of benzene rings is 2. The fourth-order valence-corrected chi connectivity index (χ4v) is 3.46. The number of aromatic nitrogens is 2. The predicted octanol–water partition coefficient (Wildman–Crippen LogP) is 2.30. The van der Waals surface area contributed by atoms with Crippen LogP contribution in [0.2, 0.25) is 0 Å². The molecule has 4 rings (SSSR count). The molecule has 0 spiro atoms. The summed E-state index contributed by atoms with van der Waals surface area (Å²) in [6.45, 7) is 4.49. The highest BCUT2D eigenvalue weighted by molar-refractivity contribution is 5.76. The number of hydrogen-bond acceptors (Lipinski definition) is 5. The van der Waals surface area contributed by atoms with E-state index in [9.17, 15) is 14.0 Å². The molecule has 1 aromatic heterocycles. The fourth-order valence-electron chi connectivity index (χ4n) is 3.46. The molecule has 1 amide bonds. The van der Waals surface area contributed by atoms with E-state index in [2.05, 4.69) is 29.1 Å². The van der Waals surface area contributed by atoms with Crippen LogP contribution in [-0.2, 0) is 11.3 Å². The van der Waals surface area contributed by atoms with E-state index in [0.717, 1.165) is 17.8 Å². The van der Waals surface area contributed by atoms with Crippen molar-refractivity contribution in [1.29, 1.82) is 0 Å². The normalized spacial score (nSPS) is 14.3. The quantitative estimate of drug-likeness (QED) is 0.677. The SMILES string of the molecule is Cc1ccccc1N1CCN(C(=O)Cn2nc(-c3ccc(F)cc3)oc2=O)CC1. The van der Waals surface area contributed by atoms with Gasteiger partial charge in [-0.2, -0.15) is 4.68 Å². The summed E-state index contributed by atoms with van der Waals surface area (Å²) in [7, 11) is 0. The van der Waals surface area contributed by atoms with Gasteiger partial charge in [0.05, 0.1) is 0 Å². The maximum absolute atomic E-state index is 13.1. The first-order valence-corrected chi connectivity index (χ1v) is 9.43. The van der Waals surface area contributed by atoms with Gasteiger partial charge in [0, 0.05) is 37.4 Å². The molecule has 7 nitrogen and oxygen atoms in total. The average molecular weight is 396 g/mol. The first-order valence-electron chi connectivity index (χ1n) is 9.43. The van der Waals surface area contributed by atoms with Gasteiger partial charge in [-0.1, -0.05) is 18.2 Å². The Labute approximate surface area is 167 Å². The third-order valence-electron chi connectivity index (χ3n) is 5.07. The molecule has 1 fully saturated rings. The zero-order valence-electron chi connectivity index (χ0n) is 16.0. The van der Waals surface area contributed by atoms with Crippen molar-refractivity contribution in [2.24, 2.45) is 0 Å². The number of hydrogen-bond donors (Lipinski definition) is 0. The molecule has 2 aromatic carbocycles. The van der Waals surface area contributed by atoms with Gasteiger partial charge in [0.1, 0.15) is 12.4 Å². The molecule has 2 heterocycles. The van der Waals surface area contributed by atoms with Gasteiger partial charge < -0.3 is 14.2 Å². The van der Waals surface area contributed by atoms with Crippen LogP contribution < -0.4 is 10.7 Å². The van der Waals surface area contributed by atoms with E-state index in [1.807, 2.05) is 12.1 Å². The summed E-state index contributed by atoms with van der Waals surface area (Å²) < 4.78 is 19.2. The summed E-state index contributed by atoms with van der Waals surface area (Å²) in [4.78, 5) is 28.7. The highest BCUT2D eigenvalue weighted by Crippen LogP contribution is 2.21. The van der Waals surface area contributed by atoms with E-state index in [1.165, 1.54) is 35.5 Å². The highest BCUT2D eigenvalue weighted by Gasteiger charge is 2.23. The lowest BCUT2D eigenvalue weighted by atomic mass is 10.1. The van der Waals surface area contributed by atoms with Crippen molar-refractivity contribution in [3.05, 3.63) is 70.5 Å². The van der Waals surface area contributed by atoms with Crippen LogP contribution in [0, 0.1) is 12.7 Å². The van der Waals surface area contributed by atoms with Crippen LogP contribution in [0.4, 0.5) is 10.1 Å². The monoisotopic (exact) mass is 396 g/mol. The molecule has 0 N–H and O–H groups in total. The fraction of sp³-hybridized carbons (Fsp3) is 0.286. The van der Waals surface area contributed by atoms with Crippen LogP contribution in [0.1, 0.15) is 5.56 Å². The molecule has 3 aromatic rings. The standard InChI is InChI=1S/C21H21FN4O3/c1-15-4-2-3-5-18(15)24-10-12-25(13-11-24)19(27)14-26-21(28)29-20(23-26)16-6-8-17(22)9-7-16/h2-9H,10-14H2,1H3. The third-order valence-corrected chi connectivity index (χ3v) is 5.07. The van der Waals surface area contributed by atoms with E-state index >= 15 is 0 Å². The first-order chi connectivity index (χ1) is 14.0. The number of para-hydroxylation sites is 1. The van der Waals surface area contributed by atoms with Crippen LogP contribution in [-0.4, -0.2) is 46.8 Å². The first kappa shape index (κ1) is 18.9. The number of carbonyl (C=O) groups excluding carboxylic acids is 1. The number of piperazine rings is 1. The smallest absolute Gasteiger partial charge is 0.388 e. The summed E-state index contributed by atoms with van der Waals surface area (Å²) in [6, 6.07) is 13.6. The number of rotatable bonds is 4. The minimum atomic E-state index is -0.712. The maximum atomic E-state index is 13.1. The van der Waals surface area contributed by atoms with Crippen LogP contribution in [0.3, 0.4) is 0 Å². The molecular formula is C21H21FN4O3. The van der Waals surface area contributed by atoms with Crippen LogP contribution in [0.15, 0.2) is 57.7 Å². The van der Waals surface area contributed by atoms with Gasteiger partial charge in [0.15, 0.2) is 0 Å². The van der Waals surface area contributed by atoms with Crippen molar-refractivity contribution in [3.8, 4) is 11.5 Å². The topological polar surface area (TPSA) is 71.6 Å². The Balaban J connectivity index is 1.40. The molecule has 1 aliphatic heterocycles. The van der Waals surface area contributed by atoms with Gasteiger partial charge >= 0.3 is 5.76 Å². The summed E-state index contributed by atoms with van der Waals surface area (Å²) in [5.74, 6) is -1.23. The molecule has 0 aliphatic carbocycles. The highest BCUT2D eigenvalue weighted by atomic mass is 19.1. The van der Waals surface area contributed by atoms with Gasteiger partial charge in [-0.15, -0.1) is 5.10 Å². The van der Waals surface area contributed by atoms with Gasteiger partial charge in [-0.05, 0) is 42.8 Å². The Bertz CT molecular complexity index is 1070. The minimum absolute atomic E-state index is 0.0622. The van der Waals surface area contributed by atoms with Crippen LogP contribution in [0.5, 0.6) is 0 Å². The number of carbonyl (C=O) groups is 1. The Morgan fingerprint density at radius 3 is 2.45 bits per heavy atom. The molecular weight excluding hydrogens is 375 g/mol. The zero-order chi connectivity index (χ0) is 20.4. The summed E-state index contributed by atoms with van der Waals surface area (Å²) in [5, 5.41) is 4.08. The molecule has 150 valence electrons. The molecule has 0 atom stereocenters. The van der Waals surface area contributed by atoms with Crippen molar-refractivity contribution < 1.29 is 13.6 Å². The number of anilines is 1. The van der Waals surface area contributed by atoms with Gasteiger partial charge in [0.2, 0.25) is 11.8 Å². The number of aryl methyl sites for hydroxylation is 1. The van der Waals surface area contributed by atoms with E-state index in [1.54, 1.807) is 4.90 Å². The second kappa shape index (κ2) is 7.90. The predicted molar refractivity (Wildman–Crippen MR) is 106 cm³/mol. The Morgan fingerprint density at radius 1 is 1.07 bits per heavy atom. The van der Waals surface area contributed by atoms with Crippen LogP contribution in [0.25, 0.3) is 11.5 Å². The van der Waals surface area contributed by atoms with Crippen molar-refractivity contribution in [2.45, 2.75) is 13.5 Å². The number of amides is 1. The number of nitrogens with zero attached hydrogens (tertiary/aromatic N) is 4. The molecule has 1 aliphatic rings. The maximum Gasteiger partial charge on any atom is 0.437 e. The lowest BCUT2D eigenvalue weighted by molar-refractivity contribution is -0.132. The second-order valence-electron chi connectivity index (χ2n) is 6.99. The largest absolute Gasteiger partial charge is 0.437 e. The van der Waals surface area contributed by atoms with Crippen molar-refractivity contribution in [3.63, 3.8) is 0 Å². The summed E-state index contributed by atoms with van der Waals surface area (Å²) in [6.07, 6.45) is 0. The molecule has 0 bridgehead atoms.